The van der Waals surface area contributed by atoms with Gasteiger partial charge >= 0.3 is 6.18 Å². The molecule has 1 aromatic heterocycles. The van der Waals surface area contributed by atoms with Gasteiger partial charge < -0.3 is 0 Å². The third-order valence-electron chi connectivity index (χ3n) is 2.08. The molecule has 1 aromatic carbocycles. The normalized spacial score (nSPS) is 11.4. The van der Waals surface area contributed by atoms with Crippen LogP contribution in [0, 0.1) is 0 Å². The molecule has 1 N–H and O–H groups in total. The number of hydrogen-bond acceptors (Lipinski definition) is 5. The van der Waals surface area contributed by atoms with Crippen molar-refractivity contribution in [2.75, 3.05) is 11.1 Å². The van der Waals surface area contributed by atoms with Gasteiger partial charge in [0, 0.05) is 9.92 Å². The highest BCUT2D eigenvalue weighted by atomic mass is 35.5. The monoisotopic (exact) mass is 353 g/mol. The number of halogens is 4. The van der Waals surface area contributed by atoms with Crippen LogP contribution in [0.3, 0.4) is 0 Å². The van der Waals surface area contributed by atoms with Crippen molar-refractivity contribution in [2.24, 2.45) is 0 Å². The Morgan fingerprint density at radius 1 is 1.38 bits per heavy atom. The smallest absolute Gasteiger partial charge is 0.300 e. The van der Waals surface area contributed by atoms with Crippen LogP contribution in [-0.4, -0.2) is 21.9 Å². The lowest BCUT2D eigenvalue weighted by atomic mass is 10.4. The summed E-state index contributed by atoms with van der Waals surface area (Å²) >= 11 is 7.29. The van der Waals surface area contributed by atoms with E-state index in [-0.39, 0.29) is 22.2 Å². The van der Waals surface area contributed by atoms with E-state index < -0.39 is 17.1 Å². The van der Waals surface area contributed by atoms with E-state index in [1.54, 1.807) is 24.3 Å². The molecule has 0 saturated heterocycles. The summed E-state index contributed by atoms with van der Waals surface area (Å²) in [6.45, 7) is 0. The van der Waals surface area contributed by atoms with Crippen LogP contribution in [-0.2, 0) is 11.0 Å². The van der Waals surface area contributed by atoms with Gasteiger partial charge in [0.05, 0.1) is 5.75 Å². The minimum Gasteiger partial charge on any atom is -0.300 e. The molecule has 0 aliphatic rings. The Hall–Kier alpha value is -1.32. The van der Waals surface area contributed by atoms with Gasteiger partial charge in [-0.25, -0.2) is 0 Å². The van der Waals surface area contributed by atoms with Crippen LogP contribution in [0.1, 0.15) is 5.01 Å². The van der Waals surface area contributed by atoms with Crippen LogP contribution in [0.2, 0.25) is 5.02 Å². The van der Waals surface area contributed by atoms with Crippen LogP contribution in [0.25, 0.3) is 0 Å². The molecule has 0 bridgehead atoms. The summed E-state index contributed by atoms with van der Waals surface area (Å²) in [7, 11) is 0. The number of hydrogen-bond donors (Lipinski definition) is 1. The first-order valence-corrected chi connectivity index (χ1v) is 7.61. The van der Waals surface area contributed by atoms with Gasteiger partial charge in [0.15, 0.2) is 0 Å². The Balaban J connectivity index is 1.89. The van der Waals surface area contributed by atoms with Crippen molar-refractivity contribution in [1.82, 2.24) is 10.2 Å². The Kier molecular flexibility index (Phi) is 5.07. The second-order valence-electron chi connectivity index (χ2n) is 3.70. The van der Waals surface area contributed by atoms with E-state index in [1.807, 2.05) is 0 Å². The van der Waals surface area contributed by atoms with Gasteiger partial charge in [0.25, 0.3) is 0 Å². The second-order valence-corrected chi connectivity index (χ2v) is 6.17. The van der Waals surface area contributed by atoms with E-state index >= 15 is 0 Å². The zero-order valence-electron chi connectivity index (χ0n) is 10.1. The van der Waals surface area contributed by atoms with Crippen molar-refractivity contribution in [3.8, 4) is 0 Å². The van der Waals surface area contributed by atoms with Crippen molar-refractivity contribution in [2.45, 2.75) is 11.1 Å². The summed E-state index contributed by atoms with van der Waals surface area (Å²) < 4.78 is 37.0. The Bertz CT molecular complexity index is 648. The van der Waals surface area contributed by atoms with Crippen molar-refractivity contribution in [3.05, 3.63) is 34.3 Å². The van der Waals surface area contributed by atoms with Crippen molar-refractivity contribution < 1.29 is 18.0 Å². The lowest BCUT2D eigenvalue weighted by Gasteiger charge is -2.02. The predicted molar refractivity (Wildman–Crippen MR) is 75.7 cm³/mol. The fraction of sp³-hybridized carbons (Fsp3) is 0.182. The lowest BCUT2D eigenvalue weighted by Crippen LogP contribution is -2.13. The number of carbonyl (C=O) groups is 1. The van der Waals surface area contributed by atoms with Crippen LogP contribution in [0.4, 0.5) is 18.3 Å². The van der Waals surface area contributed by atoms with Crippen molar-refractivity contribution >= 4 is 45.7 Å². The average Bonchev–Trinajstić information content (AvgIpc) is 2.85. The van der Waals surface area contributed by atoms with Crippen LogP contribution >= 0.6 is 34.7 Å². The zero-order chi connectivity index (χ0) is 15.5. The van der Waals surface area contributed by atoms with Crippen LogP contribution < -0.4 is 5.32 Å². The van der Waals surface area contributed by atoms with Crippen molar-refractivity contribution in [3.63, 3.8) is 0 Å². The maximum Gasteiger partial charge on any atom is 0.445 e. The zero-order valence-corrected chi connectivity index (χ0v) is 12.5. The molecule has 0 atom stereocenters. The molecule has 0 unspecified atom stereocenters. The minimum atomic E-state index is -4.56. The summed E-state index contributed by atoms with van der Waals surface area (Å²) in [5, 5.41) is 7.79. The Labute approximate surface area is 130 Å². The van der Waals surface area contributed by atoms with Gasteiger partial charge in [-0.3, -0.25) is 10.1 Å². The number of thioether (sulfide) groups is 1. The molecule has 0 fully saturated rings. The number of aromatic nitrogens is 2. The molecule has 21 heavy (non-hydrogen) atoms. The van der Waals surface area contributed by atoms with Crippen molar-refractivity contribution in [1.29, 1.82) is 0 Å². The van der Waals surface area contributed by atoms with Gasteiger partial charge in [-0.05, 0) is 18.2 Å². The van der Waals surface area contributed by atoms with Gasteiger partial charge in [0.1, 0.15) is 0 Å². The molecule has 2 rings (SSSR count). The van der Waals surface area contributed by atoms with Gasteiger partial charge in [-0.1, -0.05) is 29.0 Å². The highest BCUT2D eigenvalue weighted by Gasteiger charge is 2.35. The number of benzene rings is 1. The van der Waals surface area contributed by atoms with Gasteiger partial charge in [0.2, 0.25) is 16.0 Å². The summed E-state index contributed by atoms with van der Waals surface area (Å²) in [5.41, 5.74) is 0. The summed E-state index contributed by atoms with van der Waals surface area (Å²) in [4.78, 5) is 12.4. The van der Waals surface area contributed by atoms with Crippen LogP contribution in [0.5, 0.6) is 0 Å². The van der Waals surface area contributed by atoms with E-state index in [9.17, 15) is 18.0 Å². The summed E-state index contributed by atoms with van der Waals surface area (Å²) in [5.74, 6) is -0.439. The standard InChI is InChI=1S/C11H7ClF3N3OS2/c12-6-2-1-3-7(4-6)20-5-8(19)16-10-18-17-9(21-10)11(13,14)15/h1-4H,5H2,(H,16,18,19). The number of nitrogens with one attached hydrogen (secondary N) is 1. The SMILES string of the molecule is O=C(CSc1cccc(Cl)c1)Nc1nnc(C(F)(F)F)s1. The van der Waals surface area contributed by atoms with E-state index in [0.29, 0.717) is 5.02 Å². The van der Waals surface area contributed by atoms with Gasteiger partial charge in [-0.15, -0.1) is 22.0 Å². The molecule has 1 heterocycles. The first kappa shape index (κ1) is 16.1. The molecule has 4 nitrogen and oxygen atoms in total. The maximum atomic E-state index is 12.3. The Morgan fingerprint density at radius 3 is 2.76 bits per heavy atom. The molecule has 0 aliphatic carbocycles. The summed E-state index contributed by atoms with van der Waals surface area (Å²) in [6, 6.07) is 6.90. The third-order valence-corrected chi connectivity index (χ3v) is 4.19. The molecular formula is C11H7ClF3N3OS2. The third kappa shape index (κ3) is 4.87. The minimum absolute atomic E-state index is 0.0290. The van der Waals surface area contributed by atoms with Gasteiger partial charge in [-0.2, -0.15) is 13.2 Å². The first-order chi connectivity index (χ1) is 9.84. The molecule has 10 heteroatoms. The number of anilines is 1. The Morgan fingerprint density at radius 2 is 2.14 bits per heavy atom. The second kappa shape index (κ2) is 6.63. The molecule has 0 radical (unpaired) electrons. The maximum absolute atomic E-state index is 12.3. The lowest BCUT2D eigenvalue weighted by molar-refractivity contribution is -0.138. The highest BCUT2D eigenvalue weighted by Crippen LogP contribution is 2.33. The number of carbonyl (C=O) groups excluding carboxylic acids is 1. The van der Waals surface area contributed by atoms with E-state index in [4.69, 9.17) is 11.6 Å². The first-order valence-electron chi connectivity index (χ1n) is 5.43. The molecule has 112 valence electrons. The van der Waals surface area contributed by atoms with E-state index in [1.165, 1.54) is 11.8 Å². The van der Waals surface area contributed by atoms with E-state index in [2.05, 4.69) is 15.5 Å². The fourth-order valence-corrected chi connectivity index (χ4v) is 2.89. The number of amides is 1. The molecule has 0 saturated carbocycles. The largest absolute Gasteiger partial charge is 0.445 e. The summed E-state index contributed by atoms with van der Waals surface area (Å²) in [6.07, 6.45) is -4.56. The number of alkyl halides is 3. The molecule has 0 aliphatic heterocycles. The molecular weight excluding hydrogens is 347 g/mol. The quantitative estimate of drug-likeness (QED) is 0.846. The average molecular weight is 354 g/mol. The van der Waals surface area contributed by atoms with E-state index in [0.717, 1.165) is 4.90 Å². The topological polar surface area (TPSA) is 54.9 Å². The van der Waals surface area contributed by atoms with Crippen LogP contribution in [0.15, 0.2) is 29.2 Å². The predicted octanol–water partition coefficient (Wildman–Crippen LogP) is 3.94. The molecule has 1 amide bonds. The molecule has 2 aromatic rings. The fourth-order valence-electron chi connectivity index (χ4n) is 1.25. The number of rotatable bonds is 4. The highest BCUT2D eigenvalue weighted by molar-refractivity contribution is 8.00. The number of nitrogens with zero attached hydrogens (tertiary/aromatic N) is 2. The molecule has 0 spiro atoms.